The fourth-order valence-electron chi connectivity index (χ4n) is 0.601. The molecule has 0 bridgehead atoms. The summed E-state index contributed by atoms with van der Waals surface area (Å²) in [6.07, 6.45) is 3.47. The van der Waals surface area contributed by atoms with Crippen molar-refractivity contribution >= 4 is 29.0 Å². The second kappa shape index (κ2) is 3.76. The molecule has 0 aromatic carbocycles. The molecule has 0 fully saturated rings. The Bertz CT molecular complexity index is 229. The minimum Gasteiger partial charge on any atom is -0.392 e. The van der Waals surface area contributed by atoms with Gasteiger partial charge in [0, 0.05) is 5.56 Å². The van der Waals surface area contributed by atoms with Crippen molar-refractivity contribution in [2.75, 3.05) is 6.61 Å². The fourth-order valence-corrected chi connectivity index (χ4v) is 1.49. The molecule has 0 radical (unpaired) electrons. The Hall–Kier alpha value is -0.310. The number of hydrogen-bond acceptors (Lipinski definition) is 2. The average Bonchev–Trinajstić information content (AvgIpc) is 2.31. The summed E-state index contributed by atoms with van der Waals surface area (Å²) in [5, 5.41) is 10.3. The van der Waals surface area contributed by atoms with E-state index in [0.29, 0.717) is 0 Å². The highest BCUT2D eigenvalue weighted by atomic mass is 35.5. The predicted octanol–water partition coefficient (Wildman–Crippen LogP) is 2.41. The molecule has 10 heavy (non-hydrogen) atoms. The molecular weight excluding hydrogens is 168 g/mol. The lowest BCUT2D eigenvalue weighted by molar-refractivity contribution is 0.343. The summed E-state index contributed by atoms with van der Waals surface area (Å²) in [7, 11) is 0. The number of halogens is 1. The van der Waals surface area contributed by atoms with Crippen LogP contribution in [0.4, 0.5) is 0 Å². The van der Waals surface area contributed by atoms with Gasteiger partial charge in [-0.3, -0.25) is 0 Å². The topological polar surface area (TPSA) is 20.2 Å². The minimum atomic E-state index is 0.0617. The van der Waals surface area contributed by atoms with E-state index in [0.717, 1.165) is 9.90 Å². The van der Waals surface area contributed by atoms with E-state index in [-0.39, 0.29) is 6.61 Å². The van der Waals surface area contributed by atoms with E-state index >= 15 is 0 Å². The lowest BCUT2D eigenvalue weighted by atomic mass is 10.3. The highest BCUT2D eigenvalue weighted by Crippen LogP contribution is 2.23. The number of hydrogen-bond donors (Lipinski definition) is 1. The lowest BCUT2D eigenvalue weighted by Gasteiger charge is -1.84. The zero-order valence-corrected chi connectivity index (χ0v) is 6.82. The van der Waals surface area contributed by atoms with Gasteiger partial charge in [-0.05, 0) is 11.4 Å². The molecule has 1 rings (SSSR count). The molecule has 1 nitrogen and oxygen atoms in total. The van der Waals surface area contributed by atoms with Gasteiger partial charge < -0.3 is 5.11 Å². The Balaban J connectivity index is 2.74. The first-order valence-electron chi connectivity index (χ1n) is 2.85. The van der Waals surface area contributed by atoms with Crippen LogP contribution < -0.4 is 0 Å². The zero-order valence-electron chi connectivity index (χ0n) is 5.25. The van der Waals surface area contributed by atoms with Crippen LogP contribution in [0.5, 0.6) is 0 Å². The van der Waals surface area contributed by atoms with Gasteiger partial charge in [0.15, 0.2) is 0 Å². The molecule has 0 aliphatic heterocycles. The highest BCUT2D eigenvalue weighted by molar-refractivity contribution is 7.14. The van der Waals surface area contributed by atoms with Crippen LogP contribution in [0.2, 0.25) is 4.34 Å². The van der Waals surface area contributed by atoms with Gasteiger partial charge in [0.1, 0.15) is 4.34 Å². The fraction of sp³-hybridized carbons (Fsp3) is 0.143. The van der Waals surface area contributed by atoms with Gasteiger partial charge in [0.05, 0.1) is 6.61 Å². The van der Waals surface area contributed by atoms with Crippen molar-refractivity contribution in [3.8, 4) is 0 Å². The Morgan fingerprint density at radius 2 is 2.50 bits per heavy atom. The molecule has 1 heterocycles. The van der Waals surface area contributed by atoms with Crippen LogP contribution in [0, 0.1) is 0 Å². The van der Waals surface area contributed by atoms with Crippen LogP contribution in [-0.4, -0.2) is 11.7 Å². The standard InChI is InChI=1S/C7H7ClOS/c8-7-6(2-1-4-9)3-5-10-7/h1-3,5,9H,4H2/b2-1+. The van der Waals surface area contributed by atoms with Crippen molar-refractivity contribution < 1.29 is 5.11 Å². The largest absolute Gasteiger partial charge is 0.392 e. The molecule has 0 atom stereocenters. The average molecular weight is 175 g/mol. The Morgan fingerprint density at radius 1 is 1.70 bits per heavy atom. The molecule has 0 amide bonds. The van der Waals surface area contributed by atoms with Gasteiger partial charge in [0.25, 0.3) is 0 Å². The van der Waals surface area contributed by atoms with Gasteiger partial charge in [-0.15, -0.1) is 11.3 Å². The van der Waals surface area contributed by atoms with Gasteiger partial charge in [-0.25, -0.2) is 0 Å². The lowest BCUT2D eigenvalue weighted by Crippen LogP contribution is -1.70. The number of aliphatic hydroxyl groups is 1. The van der Waals surface area contributed by atoms with Crippen molar-refractivity contribution in [2.45, 2.75) is 0 Å². The molecular formula is C7H7ClOS. The molecule has 0 aliphatic rings. The van der Waals surface area contributed by atoms with E-state index in [1.165, 1.54) is 11.3 Å². The third kappa shape index (κ3) is 1.84. The van der Waals surface area contributed by atoms with Gasteiger partial charge in [-0.1, -0.05) is 23.8 Å². The molecule has 1 aromatic heterocycles. The van der Waals surface area contributed by atoms with Gasteiger partial charge in [0.2, 0.25) is 0 Å². The second-order valence-corrected chi connectivity index (χ2v) is 3.25. The SMILES string of the molecule is OC/C=C/c1ccsc1Cl. The van der Waals surface area contributed by atoms with Crippen LogP contribution >= 0.6 is 22.9 Å². The van der Waals surface area contributed by atoms with Crippen LogP contribution in [0.15, 0.2) is 17.5 Å². The second-order valence-electron chi connectivity index (χ2n) is 1.73. The van der Waals surface area contributed by atoms with Crippen molar-refractivity contribution in [3.05, 3.63) is 27.4 Å². The summed E-state index contributed by atoms with van der Waals surface area (Å²) < 4.78 is 0.768. The molecule has 3 heteroatoms. The van der Waals surface area contributed by atoms with E-state index in [1.54, 1.807) is 12.2 Å². The van der Waals surface area contributed by atoms with Gasteiger partial charge in [-0.2, -0.15) is 0 Å². The summed E-state index contributed by atoms with van der Waals surface area (Å²) in [5.74, 6) is 0. The van der Waals surface area contributed by atoms with E-state index in [1.807, 2.05) is 11.4 Å². The summed E-state index contributed by atoms with van der Waals surface area (Å²) in [6.45, 7) is 0.0617. The van der Waals surface area contributed by atoms with Crippen LogP contribution in [0.3, 0.4) is 0 Å². The maximum Gasteiger partial charge on any atom is 0.100 e. The zero-order chi connectivity index (χ0) is 7.40. The molecule has 1 N–H and O–H groups in total. The molecule has 54 valence electrons. The third-order valence-corrected chi connectivity index (χ3v) is 2.25. The molecule has 0 spiro atoms. The highest BCUT2D eigenvalue weighted by Gasteiger charge is 1.94. The summed E-state index contributed by atoms with van der Waals surface area (Å²) in [5.41, 5.74) is 0.973. The maximum atomic E-state index is 8.43. The van der Waals surface area contributed by atoms with Crippen molar-refractivity contribution in [2.24, 2.45) is 0 Å². The van der Waals surface area contributed by atoms with Crippen LogP contribution in [0.25, 0.3) is 6.08 Å². The molecule has 0 saturated carbocycles. The first-order chi connectivity index (χ1) is 4.84. The quantitative estimate of drug-likeness (QED) is 0.730. The summed E-state index contributed by atoms with van der Waals surface area (Å²) in [4.78, 5) is 0. The third-order valence-electron chi connectivity index (χ3n) is 1.05. The maximum absolute atomic E-state index is 8.43. The van der Waals surface area contributed by atoms with Crippen LogP contribution in [0.1, 0.15) is 5.56 Å². The predicted molar refractivity (Wildman–Crippen MR) is 45.4 cm³/mol. The first-order valence-corrected chi connectivity index (χ1v) is 4.10. The summed E-state index contributed by atoms with van der Waals surface area (Å²) in [6, 6.07) is 1.92. The number of aliphatic hydroxyl groups excluding tert-OH is 1. The van der Waals surface area contributed by atoms with Crippen molar-refractivity contribution in [3.63, 3.8) is 0 Å². The minimum absolute atomic E-state index is 0.0617. The molecule has 0 unspecified atom stereocenters. The van der Waals surface area contributed by atoms with Crippen molar-refractivity contribution in [1.29, 1.82) is 0 Å². The first kappa shape index (κ1) is 7.79. The molecule has 0 aliphatic carbocycles. The van der Waals surface area contributed by atoms with E-state index in [9.17, 15) is 0 Å². The smallest absolute Gasteiger partial charge is 0.100 e. The Labute approximate surface area is 68.6 Å². The van der Waals surface area contributed by atoms with E-state index in [2.05, 4.69) is 0 Å². The monoisotopic (exact) mass is 174 g/mol. The Kier molecular flexibility index (Phi) is 2.93. The molecule has 0 saturated heterocycles. The summed E-state index contributed by atoms with van der Waals surface area (Å²) >= 11 is 7.25. The van der Waals surface area contributed by atoms with E-state index in [4.69, 9.17) is 16.7 Å². The normalized spacial score (nSPS) is 11.0. The number of rotatable bonds is 2. The van der Waals surface area contributed by atoms with E-state index < -0.39 is 0 Å². The van der Waals surface area contributed by atoms with Crippen LogP contribution in [-0.2, 0) is 0 Å². The molecule has 1 aromatic rings. The van der Waals surface area contributed by atoms with Gasteiger partial charge >= 0.3 is 0 Å². The Morgan fingerprint density at radius 3 is 3.00 bits per heavy atom. The van der Waals surface area contributed by atoms with Crippen molar-refractivity contribution in [1.82, 2.24) is 0 Å². The number of thiophene rings is 1.